The second kappa shape index (κ2) is 2.70. The van der Waals surface area contributed by atoms with Crippen LogP contribution in [0.15, 0.2) is 0 Å². The minimum atomic E-state index is 0.495. The average Bonchev–Trinajstić information content (AvgIpc) is 2.13. The van der Waals surface area contributed by atoms with Crippen LogP contribution in [0.25, 0.3) is 0 Å². The van der Waals surface area contributed by atoms with Gasteiger partial charge in [-0.1, -0.05) is 13.8 Å². The van der Waals surface area contributed by atoms with Crippen molar-refractivity contribution in [1.29, 1.82) is 0 Å². The lowest BCUT2D eigenvalue weighted by atomic mass is 10.0. The normalized spacial score (nSPS) is 43.7. The Labute approximate surface area is 57.4 Å². The summed E-state index contributed by atoms with van der Waals surface area (Å²) in [6.45, 7) is 6.62. The van der Waals surface area contributed by atoms with Crippen LogP contribution in [-0.2, 0) is 4.74 Å². The monoisotopic (exact) mass is 128 g/mol. The first kappa shape index (κ1) is 7.07. The van der Waals surface area contributed by atoms with E-state index in [1.165, 1.54) is 12.8 Å². The Bertz CT molecular complexity index is 80.6. The average molecular weight is 128 g/mol. The Hall–Kier alpha value is -0.0400. The van der Waals surface area contributed by atoms with Gasteiger partial charge in [-0.25, -0.2) is 0 Å². The van der Waals surface area contributed by atoms with Crippen LogP contribution >= 0.6 is 0 Å². The quantitative estimate of drug-likeness (QED) is 0.526. The standard InChI is InChI=1S/C8H16O/c1-4-8-5-6(2)7(3)9-8/h6-8H,4-5H2,1-3H3/t6-,7?,8-/m1/s1. The molecule has 1 nitrogen and oxygen atoms in total. The van der Waals surface area contributed by atoms with Crippen molar-refractivity contribution in [1.82, 2.24) is 0 Å². The third kappa shape index (κ3) is 1.45. The summed E-state index contributed by atoms with van der Waals surface area (Å²) in [6.07, 6.45) is 3.48. The second-order valence-corrected chi connectivity index (χ2v) is 3.08. The van der Waals surface area contributed by atoms with Crippen LogP contribution < -0.4 is 0 Å². The topological polar surface area (TPSA) is 9.23 Å². The molecule has 0 aromatic carbocycles. The van der Waals surface area contributed by atoms with Gasteiger partial charge in [0.25, 0.3) is 0 Å². The third-order valence-electron chi connectivity index (χ3n) is 2.30. The molecule has 1 aliphatic heterocycles. The zero-order valence-corrected chi connectivity index (χ0v) is 6.55. The summed E-state index contributed by atoms with van der Waals surface area (Å²) in [5.41, 5.74) is 0. The Kier molecular flexibility index (Phi) is 2.12. The van der Waals surface area contributed by atoms with Crippen LogP contribution in [-0.4, -0.2) is 12.2 Å². The molecule has 0 radical (unpaired) electrons. The molecular formula is C8H16O. The summed E-state index contributed by atoms with van der Waals surface area (Å²) in [5.74, 6) is 0.773. The second-order valence-electron chi connectivity index (χ2n) is 3.08. The summed E-state index contributed by atoms with van der Waals surface area (Å²) in [7, 11) is 0. The van der Waals surface area contributed by atoms with E-state index in [4.69, 9.17) is 4.74 Å². The van der Waals surface area contributed by atoms with Crippen molar-refractivity contribution in [2.24, 2.45) is 5.92 Å². The molecule has 0 spiro atoms. The molecule has 1 heterocycles. The summed E-state index contributed by atoms with van der Waals surface area (Å²) < 4.78 is 5.62. The molecule has 1 unspecified atom stereocenters. The van der Waals surface area contributed by atoms with Crippen molar-refractivity contribution < 1.29 is 4.74 Å². The van der Waals surface area contributed by atoms with E-state index in [0.29, 0.717) is 12.2 Å². The first-order chi connectivity index (χ1) is 4.24. The zero-order valence-electron chi connectivity index (χ0n) is 6.55. The van der Waals surface area contributed by atoms with Crippen LogP contribution in [0.4, 0.5) is 0 Å². The van der Waals surface area contributed by atoms with Crippen molar-refractivity contribution >= 4 is 0 Å². The fourth-order valence-electron chi connectivity index (χ4n) is 1.36. The molecule has 54 valence electrons. The molecule has 0 aromatic rings. The number of hydrogen-bond acceptors (Lipinski definition) is 1. The van der Waals surface area contributed by atoms with Gasteiger partial charge in [0.05, 0.1) is 12.2 Å². The highest BCUT2D eigenvalue weighted by molar-refractivity contribution is 4.75. The molecule has 1 saturated heterocycles. The first-order valence-electron chi connectivity index (χ1n) is 3.89. The molecule has 0 aromatic heterocycles. The van der Waals surface area contributed by atoms with E-state index in [9.17, 15) is 0 Å². The maximum Gasteiger partial charge on any atom is 0.0579 e. The van der Waals surface area contributed by atoms with Gasteiger partial charge < -0.3 is 4.74 Å². The predicted octanol–water partition coefficient (Wildman–Crippen LogP) is 2.21. The number of rotatable bonds is 1. The zero-order chi connectivity index (χ0) is 6.85. The van der Waals surface area contributed by atoms with Crippen LogP contribution in [0.1, 0.15) is 33.6 Å². The minimum absolute atomic E-state index is 0.495. The van der Waals surface area contributed by atoms with Gasteiger partial charge in [0.2, 0.25) is 0 Å². The first-order valence-corrected chi connectivity index (χ1v) is 3.89. The molecule has 0 bridgehead atoms. The summed E-state index contributed by atoms with van der Waals surface area (Å²) >= 11 is 0. The summed E-state index contributed by atoms with van der Waals surface area (Å²) in [4.78, 5) is 0. The van der Waals surface area contributed by atoms with Gasteiger partial charge in [-0.3, -0.25) is 0 Å². The van der Waals surface area contributed by atoms with Crippen molar-refractivity contribution in [3.8, 4) is 0 Å². The molecule has 3 atom stereocenters. The van der Waals surface area contributed by atoms with Crippen LogP contribution in [0, 0.1) is 5.92 Å². The van der Waals surface area contributed by atoms with Gasteiger partial charge in [-0.05, 0) is 25.7 Å². The molecule has 1 rings (SSSR count). The van der Waals surface area contributed by atoms with Gasteiger partial charge in [0.15, 0.2) is 0 Å². The SMILES string of the molecule is CC[C@@H]1C[C@@H](C)C(C)O1. The van der Waals surface area contributed by atoms with Crippen LogP contribution in [0.2, 0.25) is 0 Å². The number of hydrogen-bond donors (Lipinski definition) is 0. The van der Waals surface area contributed by atoms with Crippen LogP contribution in [0.5, 0.6) is 0 Å². The number of ether oxygens (including phenoxy) is 1. The van der Waals surface area contributed by atoms with E-state index in [1.807, 2.05) is 0 Å². The smallest absolute Gasteiger partial charge is 0.0579 e. The van der Waals surface area contributed by atoms with Crippen LogP contribution in [0.3, 0.4) is 0 Å². The van der Waals surface area contributed by atoms with Gasteiger partial charge in [0, 0.05) is 0 Å². The third-order valence-corrected chi connectivity index (χ3v) is 2.30. The Morgan fingerprint density at radius 1 is 1.44 bits per heavy atom. The highest BCUT2D eigenvalue weighted by atomic mass is 16.5. The van der Waals surface area contributed by atoms with E-state index in [0.717, 1.165) is 5.92 Å². The van der Waals surface area contributed by atoms with Gasteiger partial charge in [-0.2, -0.15) is 0 Å². The molecule has 9 heavy (non-hydrogen) atoms. The van der Waals surface area contributed by atoms with E-state index in [-0.39, 0.29) is 0 Å². The van der Waals surface area contributed by atoms with Crippen molar-refractivity contribution in [3.63, 3.8) is 0 Å². The molecule has 1 aliphatic rings. The fourth-order valence-corrected chi connectivity index (χ4v) is 1.36. The van der Waals surface area contributed by atoms with Gasteiger partial charge in [-0.15, -0.1) is 0 Å². The molecule has 0 amide bonds. The van der Waals surface area contributed by atoms with E-state index < -0.39 is 0 Å². The fraction of sp³-hybridized carbons (Fsp3) is 1.00. The maximum absolute atomic E-state index is 5.62. The lowest BCUT2D eigenvalue weighted by Gasteiger charge is -2.07. The lowest BCUT2D eigenvalue weighted by molar-refractivity contribution is 0.0460. The molecular weight excluding hydrogens is 112 g/mol. The molecule has 0 aliphatic carbocycles. The van der Waals surface area contributed by atoms with Gasteiger partial charge >= 0.3 is 0 Å². The molecule has 0 N–H and O–H groups in total. The van der Waals surface area contributed by atoms with E-state index >= 15 is 0 Å². The Morgan fingerprint density at radius 3 is 2.33 bits per heavy atom. The highest BCUT2D eigenvalue weighted by Crippen LogP contribution is 2.26. The van der Waals surface area contributed by atoms with E-state index in [1.54, 1.807) is 0 Å². The highest BCUT2D eigenvalue weighted by Gasteiger charge is 2.26. The molecule has 1 fully saturated rings. The van der Waals surface area contributed by atoms with Crippen molar-refractivity contribution in [2.75, 3.05) is 0 Å². The minimum Gasteiger partial charge on any atom is -0.375 e. The predicted molar refractivity (Wildman–Crippen MR) is 38.4 cm³/mol. The maximum atomic E-state index is 5.62. The molecule has 0 saturated carbocycles. The lowest BCUT2D eigenvalue weighted by Crippen LogP contribution is -2.08. The van der Waals surface area contributed by atoms with Crippen molar-refractivity contribution in [2.45, 2.75) is 45.8 Å². The molecule has 1 heteroatoms. The largest absolute Gasteiger partial charge is 0.375 e. The summed E-state index contributed by atoms with van der Waals surface area (Å²) in [5, 5.41) is 0. The van der Waals surface area contributed by atoms with E-state index in [2.05, 4.69) is 20.8 Å². The summed E-state index contributed by atoms with van der Waals surface area (Å²) in [6, 6.07) is 0. The van der Waals surface area contributed by atoms with Gasteiger partial charge in [0.1, 0.15) is 0 Å². The Morgan fingerprint density at radius 2 is 2.11 bits per heavy atom. The van der Waals surface area contributed by atoms with Crippen molar-refractivity contribution in [3.05, 3.63) is 0 Å². The Balaban J connectivity index is 2.35.